The van der Waals surface area contributed by atoms with Crippen molar-refractivity contribution in [2.24, 2.45) is 5.84 Å². The lowest BCUT2D eigenvalue weighted by atomic mass is 10.3. The molecule has 0 unspecified atom stereocenters. The van der Waals surface area contributed by atoms with Crippen molar-refractivity contribution in [3.05, 3.63) is 46.8 Å². The smallest absolute Gasteiger partial charge is 0.308 e. The van der Waals surface area contributed by atoms with Gasteiger partial charge in [0.2, 0.25) is 0 Å². The number of nitrogens with one attached hydrogen (secondary N) is 1. The predicted molar refractivity (Wildman–Crippen MR) is 68.1 cm³/mol. The fourth-order valence-corrected chi connectivity index (χ4v) is 2.00. The van der Waals surface area contributed by atoms with Crippen LogP contribution in [0.3, 0.4) is 0 Å². The van der Waals surface area contributed by atoms with E-state index in [1.165, 1.54) is 0 Å². The van der Waals surface area contributed by atoms with Crippen LogP contribution in [0.25, 0.3) is 0 Å². The molecule has 0 amide bonds. The Morgan fingerprint density at radius 3 is 2.94 bits per heavy atom. The second-order valence-electron chi connectivity index (χ2n) is 4.51. The molecule has 1 aliphatic carbocycles. The molecule has 6 nitrogen and oxygen atoms in total. The highest BCUT2D eigenvalue weighted by molar-refractivity contribution is 5.33. The number of nitrogen functional groups attached to an aromatic ring is 1. The van der Waals surface area contributed by atoms with Gasteiger partial charge in [0.1, 0.15) is 5.82 Å². The molecule has 1 aliphatic rings. The first kappa shape index (κ1) is 11.0. The van der Waals surface area contributed by atoms with Crippen LogP contribution in [-0.2, 0) is 6.54 Å². The molecule has 0 spiro atoms. The number of hydrogen-bond donors (Lipinski definition) is 2. The van der Waals surface area contributed by atoms with Crippen molar-refractivity contribution in [3.8, 4) is 0 Å². The molecular formula is C12H15N5O. The number of hydrogen-bond acceptors (Lipinski definition) is 4. The van der Waals surface area contributed by atoms with Gasteiger partial charge in [-0.25, -0.2) is 15.6 Å². The van der Waals surface area contributed by atoms with E-state index in [1.54, 1.807) is 15.2 Å². The summed E-state index contributed by atoms with van der Waals surface area (Å²) in [5.41, 5.74) is 3.34. The first-order valence-electron chi connectivity index (χ1n) is 5.98. The van der Waals surface area contributed by atoms with Gasteiger partial charge in [0.15, 0.2) is 0 Å². The number of imidazole rings is 1. The summed E-state index contributed by atoms with van der Waals surface area (Å²) < 4.78 is 3.46. The van der Waals surface area contributed by atoms with Gasteiger partial charge in [-0.3, -0.25) is 9.13 Å². The van der Waals surface area contributed by atoms with E-state index >= 15 is 0 Å². The third-order valence-electron chi connectivity index (χ3n) is 3.10. The summed E-state index contributed by atoms with van der Waals surface area (Å²) in [5.74, 6) is 5.91. The summed E-state index contributed by atoms with van der Waals surface area (Å²) in [7, 11) is 0. The lowest BCUT2D eigenvalue weighted by Gasteiger charge is -2.04. The third-order valence-corrected chi connectivity index (χ3v) is 3.10. The topological polar surface area (TPSA) is 77.9 Å². The molecule has 2 heterocycles. The summed E-state index contributed by atoms with van der Waals surface area (Å²) in [6.45, 7) is 0.466. The number of pyridine rings is 1. The summed E-state index contributed by atoms with van der Waals surface area (Å²) in [6.07, 6.45) is 5.87. The molecule has 2 aromatic heterocycles. The molecule has 2 aromatic rings. The molecule has 6 heteroatoms. The highest BCUT2D eigenvalue weighted by atomic mass is 16.1. The average molecular weight is 245 g/mol. The lowest BCUT2D eigenvalue weighted by molar-refractivity contribution is 0.651. The zero-order valence-corrected chi connectivity index (χ0v) is 9.91. The van der Waals surface area contributed by atoms with Crippen LogP contribution in [0.2, 0.25) is 0 Å². The molecule has 1 fully saturated rings. The van der Waals surface area contributed by atoms with Crippen LogP contribution in [0.15, 0.2) is 35.4 Å². The number of nitrogens with two attached hydrogens (primary N) is 1. The zero-order valence-electron chi connectivity index (χ0n) is 9.91. The van der Waals surface area contributed by atoms with E-state index in [0.29, 0.717) is 18.4 Å². The summed E-state index contributed by atoms with van der Waals surface area (Å²) in [6, 6.07) is 5.92. The Morgan fingerprint density at radius 1 is 1.39 bits per heavy atom. The lowest BCUT2D eigenvalue weighted by Crippen LogP contribution is -2.24. The van der Waals surface area contributed by atoms with Crippen LogP contribution in [0.5, 0.6) is 0 Å². The van der Waals surface area contributed by atoms with Gasteiger partial charge >= 0.3 is 5.69 Å². The van der Waals surface area contributed by atoms with Crippen LogP contribution in [0, 0.1) is 0 Å². The minimum atomic E-state index is 0.0328. The van der Waals surface area contributed by atoms with Crippen molar-refractivity contribution in [2.45, 2.75) is 25.4 Å². The van der Waals surface area contributed by atoms with Crippen molar-refractivity contribution >= 4 is 5.82 Å². The van der Waals surface area contributed by atoms with Crippen LogP contribution in [0.4, 0.5) is 5.82 Å². The predicted octanol–water partition coefficient (Wildman–Crippen LogP) is 0.714. The molecule has 3 N–H and O–H groups in total. The standard InChI is InChI=1S/C12H15N5O/c13-15-11-3-1-2-9(14-11)8-16-6-7-17(12(16)18)10-4-5-10/h1-3,6-7,10H,4-5,8,13H2,(H,14,15). The van der Waals surface area contributed by atoms with Crippen molar-refractivity contribution in [1.29, 1.82) is 0 Å². The highest BCUT2D eigenvalue weighted by Crippen LogP contribution is 2.33. The third kappa shape index (κ3) is 2.02. The molecule has 0 atom stereocenters. The Hall–Kier alpha value is -2.08. The average Bonchev–Trinajstić information content (AvgIpc) is 3.17. The van der Waals surface area contributed by atoms with E-state index in [1.807, 2.05) is 24.5 Å². The van der Waals surface area contributed by atoms with Gasteiger partial charge in [-0.05, 0) is 25.0 Å². The minimum Gasteiger partial charge on any atom is -0.308 e. The normalized spacial score (nSPS) is 14.7. The van der Waals surface area contributed by atoms with Gasteiger partial charge in [-0.1, -0.05) is 6.07 Å². The first-order valence-corrected chi connectivity index (χ1v) is 5.98. The Balaban J connectivity index is 1.85. The maximum atomic E-state index is 12.1. The van der Waals surface area contributed by atoms with E-state index < -0.39 is 0 Å². The molecule has 94 valence electrons. The van der Waals surface area contributed by atoms with Crippen molar-refractivity contribution in [2.75, 3.05) is 5.43 Å². The summed E-state index contributed by atoms with van der Waals surface area (Å²) in [5, 5.41) is 0. The van der Waals surface area contributed by atoms with Crippen molar-refractivity contribution in [1.82, 2.24) is 14.1 Å². The number of nitrogens with zero attached hydrogens (tertiary/aromatic N) is 3. The Morgan fingerprint density at radius 2 is 2.22 bits per heavy atom. The number of anilines is 1. The number of hydrazine groups is 1. The molecule has 1 saturated carbocycles. The molecule has 0 aromatic carbocycles. The Kier molecular flexibility index (Phi) is 2.64. The van der Waals surface area contributed by atoms with Gasteiger partial charge in [0, 0.05) is 18.4 Å². The second-order valence-corrected chi connectivity index (χ2v) is 4.51. The fourth-order valence-electron chi connectivity index (χ4n) is 2.00. The maximum absolute atomic E-state index is 12.1. The van der Waals surface area contributed by atoms with Crippen LogP contribution >= 0.6 is 0 Å². The van der Waals surface area contributed by atoms with Gasteiger partial charge in [-0.2, -0.15) is 0 Å². The van der Waals surface area contributed by atoms with E-state index in [4.69, 9.17) is 5.84 Å². The van der Waals surface area contributed by atoms with E-state index in [0.717, 1.165) is 18.5 Å². The number of rotatable bonds is 4. The van der Waals surface area contributed by atoms with E-state index in [-0.39, 0.29) is 5.69 Å². The molecule has 18 heavy (non-hydrogen) atoms. The quantitative estimate of drug-likeness (QED) is 0.614. The molecule has 0 saturated heterocycles. The monoisotopic (exact) mass is 245 g/mol. The highest BCUT2D eigenvalue weighted by Gasteiger charge is 2.25. The Labute approximate surface area is 104 Å². The van der Waals surface area contributed by atoms with Gasteiger partial charge in [0.25, 0.3) is 0 Å². The molecule has 0 radical (unpaired) electrons. The van der Waals surface area contributed by atoms with Crippen molar-refractivity contribution in [3.63, 3.8) is 0 Å². The largest absolute Gasteiger partial charge is 0.328 e. The molecular weight excluding hydrogens is 230 g/mol. The zero-order chi connectivity index (χ0) is 12.5. The first-order chi connectivity index (χ1) is 8.78. The van der Waals surface area contributed by atoms with Crippen LogP contribution < -0.4 is 17.0 Å². The van der Waals surface area contributed by atoms with E-state index in [2.05, 4.69) is 10.4 Å². The molecule has 3 rings (SSSR count). The SMILES string of the molecule is NNc1cccc(Cn2ccn(C3CC3)c2=O)n1. The number of aromatic nitrogens is 3. The fraction of sp³-hybridized carbons (Fsp3) is 0.333. The molecule has 0 bridgehead atoms. The summed E-state index contributed by atoms with van der Waals surface area (Å²) >= 11 is 0. The van der Waals surface area contributed by atoms with Crippen LogP contribution in [0.1, 0.15) is 24.6 Å². The second kappa shape index (κ2) is 4.30. The van der Waals surface area contributed by atoms with Gasteiger partial charge in [0.05, 0.1) is 12.2 Å². The van der Waals surface area contributed by atoms with Gasteiger partial charge < -0.3 is 5.43 Å². The minimum absolute atomic E-state index is 0.0328. The maximum Gasteiger partial charge on any atom is 0.328 e. The molecule has 0 aliphatic heterocycles. The van der Waals surface area contributed by atoms with E-state index in [9.17, 15) is 4.79 Å². The summed E-state index contributed by atoms with van der Waals surface area (Å²) in [4.78, 5) is 16.4. The van der Waals surface area contributed by atoms with Crippen molar-refractivity contribution < 1.29 is 0 Å². The Bertz CT molecular complexity index is 611. The van der Waals surface area contributed by atoms with Gasteiger partial charge in [-0.15, -0.1) is 0 Å². The van der Waals surface area contributed by atoms with Crippen LogP contribution in [-0.4, -0.2) is 14.1 Å².